The molecule has 6 heteroatoms. The highest BCUT2D eigenvalue weighted by atomic mass is 16.5. The first-order valence-electron chi connectivity index (χ1n) is 7.75. The van der Waals surface area contributed by atoms with Crippen LogP contribution in [0.15, 0.2) is 66.3 Å². The van der Waals surface area contributed by atoms with Crippen molar-refractivity contribution in [2.75, 3.05) is 25.6 Å². The van der Waals surface area contributed by atoms with Gasteiger partial charge in [-0.1, -0.05) is 30.9 Å². The number of methoxy groups -OCH3 is 1. The summed E-state index contributed by atoms with van der Waals surface area (Å²) in [6, 6.07) is 14.9. The quantitative estimate of drug-likeness (QED) is 0.419. The number of nitrogens with one attached hydrogen (secondary N) is 2. The molecule has 0 radical (unpaired) electrons. The van der Waals surface area contributed by atoms with Gasteiger partial charge in [-0.25, -0.2) is 5.43 Å². The van der Waals surface area contributed by atoms with E-state index in [0.717, 1.165) is 11.3 Å². The Kier molecular flexibility index (Phi) is 7.06. The standard InChI is InChI=1S/C19H21N3O3/c1-3-11-25-17-10-9-15(12-18(17)24-2)13-21-22-19(23)14-20-16-7-5-4-6-8-16/h3-10,12-13,20H,1,11,14H2,2H3,(H,22,23)/b21-13+. The van der Waals surface area contributed by atoms with Gasteiger partial charge in [-0.15, -0.1) is 0 Å². The van der Waals surface area contributed by atoms with Crippen LogP contribution in [-0.4, -0.2) is 32.4 Å². The van der Waals surface area contributed by atoms with Crippen LogP contribution in [0.25, 0.3) is 0 Å². The van der Waals surface area contributed by atoms with Gasteiger partial charge in [0.15, 0.2) is 11.5 Å². The maximum atomic E-state index is 11.8. The predicted molar refractivity (Wildman–Crippen MR) is 99.4 cm³/mol. The Morgan fingerprint density at radius 2 is 2.00 bits per heavy atom. The average molecular weight is 339 g/mol. The number of hydrogen-bond donors (Lipinski definition) is 2. The maximum absolute atomic E-state index is 11.8. The fraction of sp³-hybridized carbons (Fsp3) is 0.158. The molecule has 0 saturated heterocycles. The number of hydrazone groups is 1. The van der Waals surface area contributed by atoms with Gasteiger partial charge in [-0.3, -0.25) is 4.79 Å². The zero-order chi connectivity index (χ0) is 17.9. The molecule has 6 nitrogen and oxygen atoms in total. The second-order valence-electron chi connectivity index (χ2n) is 5.02. The van der Waals surface area contributed by atoms with E-state index in [4.69, 9.17) is 9.47 Å². The van der Waals surface area contributed by atoms with Crippen LogP contribution in [0.5, 0.6) is 11.5 Å². The molecule has 0 aliphatic carbocycles. The van der Waals surface area contributed by atoms with Crippen molar-refractivity contribution in [3.8, 4) is 11.5 Å². The first kappa shape index (κ1) is 18.1. The smallest absolute Gasteiger partial charge is 0.259 e. The molecular formula is C19H21N3O3. The SMILES string of the molecule is C=CCOc1ccc(/C=N/NC(=O)CNc2ccccc2)cc1OC. The molecule has 0 heterocycles. The third kappa shape index (κ3) is 6.02. The van der Waals surface area contributed by atoms with E-state index in [2.05, 4.69) is 22.4 Å². The van der Waals surface area contributed by atoms with Gasteiger partial charge < -0.3 is 14.8 Å². The van der Waals surface area contributed by atoms with Crippen LogP contribution in [0.1, 0.15) is 5.56 Å². The minimum absolute atomic E-state index is 0.138. The molecule has 2 N–H and O–H groups in total. The van der Waals surface area contributed by atoms with E-state index in [1.807, 2.05) is 36.4 Å². The van der Waals surface area contributed by atoms with Crippen molar-refractivity contribution in [1.82, 2.24) is 5.43 Å². The number of rotatable bonds is 9. The third-order valence-corrected chi connectivity index (χ3v) is 3.17. The molecule has 0 spiro atoms. The van der Waals surface area contributed by atoms with Crippen LogP contribution < -0.4 is 20.2 Å². The number of benzene rings is 2. The highest BCUT2D eigenvalue weighted by molar-refractivity contribution is 5.84. The van der Waals surface area contributed by atoms with E-state index >= 15 is 0 Å². The lowest BCUT2D eigenvalue weighted by Crippen LogP contribution is -2.25. The zero-order valence-electron chi connectivity index (χ0n) is 14.1. The summed E-state index contributed by atoms with van der Waals surface area (Å²) in [5.74, 6) is 0.969. The molecule has 2 aromatic carbocycles. The lowest BCUT2D eigenvalue weighted by molar-refractivity contribution is -0.119. The molecule has 0 saturated carbocycles. The number of carbonyl (C=O) groups excluding carboxylic acids is 1. The molecule has 2 aromatic rings. The number of nitrogens with zero attached hydrogens (tertiary/aromatic N) is 1. The Bertz CT molecular complexity index is 730. The molecule has 1 amide bonds. The van der Waals surface area contributed by atoms with Gasteiger partial charge in [0.25, 0.3) is 5.91 Å². The molecule has 25 heavy (non-hydrogen) atoms. The summed E-state index contributed by atoms with van der Waals surface area (Å²) in [7, 11) is 1.56. The normalized spacial score (nSPS) is 10.3. The number of amides is 1. The maximum Gasteiger partial charge on any atom is 0.259 e. The molecule has 2 rings (SSSR count). The topological polar surface area (TPSA) is 72.0 Å². The van der Waals surface area contributed by atoms with E-state index in [1.54, 1.807) is 31.5 Å². The third-order valence-electron chi connectivity index (χ3n) is 3.17. The first-order chi connectivity index (χ1) is 12.2. The van der Waals surface area contributed by atoms with E-state index in [9.17, 15) is 4.79 Å². The van der Waals surface area contributed by atoms with Crippen molar-refractivity contribution < 1.29 is 14.3 Å². The van der Waals surface area contributed by atoms with E-state index in [0.29, 0.717) is 18.1 Å². The summed E-state index contributed by atoms with van der Waals surface area (Å²) < 4.78 is 10.8. The molecule has 0 unspecified atom stereocenters. The first-order valence-corrected chi connectivity index (χ1v) is 7.75. The van der Waals surface area contributed by atoms with Crippen LogP contribution >= 0.6 is 0 Å². The predicted octanol–water partition coefficient (Wildman–Crippen LogP) is 2.82. The zero-order valence-corrected chi connectivity index (χ0v) is 14.1. The Morgan fingerprint density at radius 3 is 2.72 bits per heavy atom. The lowest BCUT2D eigenvalue weighted by atomic mass is 10.2. The number of anilines is 1. The number of hydrogen-bond acceptors (Lipinski definition) is 5. The minimum Gasteiger partial charge on any atom is -0.493 e. The van der Waals surface area contributed by atoms with Gasteiger partial charge in [-0.2, -0.15) is 5.10 Å². The van der Waals surface area contributed by atoms with Crippen LogP contribution in [0, 0.1) is 0 Å². The minimum atomic E-state index is -0.238. The Labute approximate surface area is 147 Å². The molecule has 0 aromatic heterocycles. The highest BCUT2D eigenvalue weighted by Crippen LogP contribution is 2.27. The summed E-state index contributed by atoms with van der Waals surface area (Å²) in [6.07, 6.45) is 3.20. The Morgan fingerprint density at radius 1 is 1.20 bits per heavy atom. The van der Waals surface area contributed by atoms with Crippen molar-refractivity contribution >= 4 is 17.8 Å². The van der Waals surface area contributed by atoms with Gasteiger partial charge in [0, 0.05) is 5.69 Å². The summed E-state index contributed by atoms with van der Waals surface area (Å²) in [4.78, 5) is 11.8. The number of carbonyl (C=O) groups is 1. The van der Waals surface area contributed by atoms with E-state index in [-0.39, 0.29) is 12.5 Å². The van der Waals surface area contributed by atoms with Gasteiger partial charge >= 0.3 is 0 Å². The largest absolute Gasteiger partial charge is 0.493 e. The van der Waals surface area contributed by atoms with Gasteiger partial charge in [0.1, 0.15) is 6.61 Å². The molecular weight excluding hydrogens is 318 g/mol. The fourth-order valence-corrected chi connectivity index (χ4v) is 1.99. The highest BCUT2D eigenvalue weighted by Gasteiger charge is 2.04. The van der Waals surface area contributed by atoms with Crippen molar-refractivity contribution in [2.45, 2.75) is 0 Å². The van der Waals surface area contributed by atoms with Crippen LogP contribution in [-0.2, 0) is 4.79 Å². The number of para-hydroxylation sites is 1. The summed E-state index contributed by atoms with van der Waals surface area (Å²) >= 11 is 0. The molecule has 0 atom stereocenters. The molecule has 0 fully saturated rings. The fourth-order valence-electron chi connectivity index (χ4n) is 1.99. The summed E-state index contributed by atoms with van der Waals surface area (Å²) in [6.45, 7) is 4.14. The molecule has 0 aliphatic rings. The second-order valence-corrected chi connectivity index (χ2v) is 5.02. The molecule has 0 bridgehead atoms. The van der Waals surface area contributed by atoms with Crippen molar-refractivity contribution in [1.29, 1.82) is 0 Å². The summed E-state index contributed by atoms with van der Waals surface area (Å²) in [5.41, 5.74) is 4.12. The van der Waals surface area contributed by atoms with Gasteiger partial charge in [0.05, 0.1) is 19.9 Å². The lowest BCUT2D eigenvalue weighted by Gasteiger charge is -2.09. The monoisotopic (exact) mass is 339 g/mol. The second kappa shape index (κ2) is 9.77. The van der Waals surface area contributed by atoms with Crippen molar-refractivity contribution in [2.24, 2.45) is 5.10 Å². The Balaban J connectivity index is 1.86. The average Bonchev–Trinajstić information content (AvgIpc) is 2.66. The van der Waals surface area contributed by atoms with Crippen LogP contribution in [0.2, 0.25) is 0 Å². The summed E-state index contributed by atoms with van der Waals surface area (Å²) in [5, 5.41) is 6.95. The van der Waals surface area contributed by atoms with Gasteiger partial charge in [-0.05, 0) is 35.9 Å². The van der Waals surface area contributed by atoms with E-state index in [1.165, 1.54) is 0 Å². The Hall–Kier alpha value is -3.28. The molecule has 130 valence electrons. The number of ether oxygens (including phenoxy) is 2. The van der Waals surface area contributed by atoms with Crippen molar-refractivity contribution in [3.05, 3.63) is 66.7 Å². The van der Waals surface area contributed by atoms with Crippen molar-refractivity contribution in [3.63, 3.8) is 0 Å². The van der Waals surface area contributed by atoms with E-state index < -0.39 is 0 Å². The van der Waals surface area contributed by atoms with Gasteiger partial charge in [0.2, 0.25) is 0 Å². The molecule has 0 aliphatic heterocycles. The van der Waals surface area contributed by atoms with Crippen LogP contribution in [0.4, 0.5) is 5.69 Å². The van der Waals surface area contributed by atoms with Crippen LogP contribution in [0.3, 0.4) is 0 Å².